The molecule has 0 bridgehead atoms. The number of aromatic nitrogens is 3. The topological polar surface area (TPSA) is 154 Å². The molecule has 0 amide bonds. The Kier molecular flexibility index (Phi) is 6.99. The molecule has 2 atom stereocenters. The average Bonchev–Trinajstić information content (AvgIpc) is 3.60. The van der Waals surface area contributed by atoms with Crippen molar-refractivity contribution in [2.75, 3.05) is 12.3 Å². The fourth-order valence-corrected chi connectivity index (χ4v) is 6.75. The van der Waals surface area contributed by atoms with Crippen molar-refractivity contribution < 1.29 is 18.6 Å². The van der Waals surface area contributed by atoms with Gasteiger partial charge in [-0.25, -0.2) is 8.42 Å². The first kappa shape index (κ1) is 26.3. The van der Waals surface area contributed by atoms with Gasteiger partial charge in [0.15, 0.2) is 0 Å². The monoisotopic (exact) mass is 569 g/mol. The van der Waals surface area contributed by atoms with Crippen molar-refractivity contribution in [3.63, 3.8) is 0 Å². The van der Waals surface area contributed by atoms with Gasteiger partial charge in [0.25, 0.3) is 0 Å². The highest BCUT2D eigenvalue weighted by atomic mass is 35.5. The Balaban J connectivity index is 1.66. The molecular weight excluding hydrogens is 546 g/mol. The maximum atomic E-state index is 13.2. The molecule has 2 aromatic carbocycles. The molecule has 0 aliphatic rings. The van der Waals surface area contributed by atoms with Gasteiger partial charge in [-0.15, -0.1) is 11.3 Å². The second-order valence-corrected chi connectivity index (χ2v) is 12.2. The first-order valence-electron chi connectivity index (χ1n) is 11.5. The van der Waals surface area contributed by atoms with Crippen LogP contribution in [-0.4, -0.2) is 40.4 Å². The molecule has 0 fully saturated rings. The number of rotatable bonds is 8. The molecule has 12 heteroatoms. The Morgan fingerprint density at radius 1 is 1.21 bits per heavy atom. The third-order valence-electron chi connectivity index (χ3n) is 6.20. The van der Waals surface area contributed by atoms with E-state index in [0.717, 1.165) is 15.6 Å². The summed E-state index contributed by atoms with van der Waals surface area (Å²) in [5.41, 5.74) is 7.49. The van der Waals surface area contributed by atoms with Crippen LogP contribution in [0.5, 0.6) is 0 Å². The summed E-state index contributed by atoms with van der Waals surface area (Å²) in [4.78, 5) is 5.17. The molecule has 0 radical (unpaired) electrons. The first-order valence-corrected chi connectivity index (χ1v) is 14.2. The van der Waals surface area contributed by atoms with Crippen molar-refractivity contribution in [3.05, 3.63) is 94.2 Å². The van der Waals surface area contributed by atoms with Crippen molar-refractivity contribution in [1.29, 1.82) is 0 Å². The molecule has 196 valence electrons. The number of aliphatic hydroxyl groups excluding tert-OH is 1. The maximum Gasteiger partial charge on any atom is 0.244 e. The number of nitrogens with zero attached hydrogens (tertiary/aromatic N) is 2. The van der Waals surface area contributed by atoms with Gasteiger partial charge in [-0.3, -0.25) is 10.1 Å². The summed E-state index contributed by atoms with van der Waals surface area (Å²) in [6.45, 7) is 1.09. The smallest absolute Gasteiger partial charge is 0.244 e. The molecule has 3 aromatic heterocycles. The SMILES string of the molecule is CC(O)(CO)c1ccnc(-c2cccc3cc(C(NS(=O)(=O)c4cn[nH]c4)c4cc(N)ccc4Cl)sc23)c1. The quantitative estimate of drug-likeness (QED) is 0.175. The van der Waals surface area contributed by atoms with Gasteiger partial charge >= 0.3 is 0 Å². The normalized spacial score (nSPS) is 14.4. The number of pyridine rings is 1. The molecule has 5 aromatic rings. The van der Waals surface area contributed by atoms with Crippen LogP contribution in [0.3, 0.4) is 0 Å². The first-order chi connectivity index (χ1) is 18.1. The summed E-state index contributed by atoms with van der Waals surface area (Å²) in [5, 5.41) is 27.7. The number of sulfonamides is 1. The van der Waals surface area contributed by atoms with Gasteiger partial charge in [-0.1, -0.05) is 29.8 Å². The maximum absolute atomic E-state index is 13.2. The molecule has 0 aliphatic carbocycles. The number of anilines is 1. The van der Waals surface area contributed by atoms with Crippen molar-refractivity contribution in [3.8, 4) is 11.3 Å². The molecular formula is C26H24ClN5O4S2. The number of thiophene rings is 1. The predicted molar refractivity (Wildman–Crippen MR) is 148 cm³/mol. The van der Waals surface area contributed by atoms with E-state index in [1.54, 1.807) is 36.5 Å². The lowest BCUT2D eigenvalue weighted by Crippen LogP contribution is -2.29. The van der Waals surface area contributed by atoms with E-state index < -0.39 is 28.3 Å². The van der Waals surface area contributed by atoms with Crippen molar-refractivity contribution in [2.24, 2.45) is 0 Å². The van der Waals surface area contributed by atoms with Gasteiger partial charge in [0.2, 0.25) is 10.0 Å². The average molecular weight is 570 g/mol. The Labute approximate surface area is 228 Å². The fourth-order valence-electron chi connectivity index (χ4n) is 4.10. The predicted octanol–water partition coefficient (Wildman–Crippen LogP) is 4.19. The lowest BCUT2D eigenvalue weighted by Gasteiger charge is -2.21. The van der Waals surface area contributed by atoms with Crippen molar-refractivity contribution >= 4 is 48.7 Å². The molecule has 0 spiro atoms. The summed E-state index contributed by atoms with van der Waals surface area (Å²) in [5.74, 6) is 0. The number of nitrogens with one attached hydrogen (secondary N) is 2. The van der Waals surface area contributed by atoms with Crippen LogP contribution < -0.4 is 10.5 Å². The van der Waals surface area contributed by atoms with Crippen LogP contribution in [0.1, 0.15) is 29.0 Å². The Morgan fingerprint density at radius 3 is 2.76 bits per heavy atom. The minimum atomic E-state index is -3.97. The Bertz CT molecular complexity index is 1720. The van der Waals surface area contributed by atoms with E-state index in [1.807, 2.05) is 24.3 Å². The van der Waals surface area contributed by atoms with Gasteiger partial charge in [0, 0.05) is 38.2 Å². The van der Waals surface area contributed by atoms with E-state index in [9.17, 15) is 18.6 Å². The zero-order valence-corrected chi connectivity index (χ0v) is 22.5. The van der Waals surface area contributed by atoms with Gasteiger partial charge in [-0.05, 0) is 59.8 Å². The van der Waals surface area contributed by atoms with E-state index in [1.165, 1.54) is 30.7 Å². The standard InChI is InChI=1S/C26H24ClN5O4S2/c1-26(34,14-33)16-7-8-29-22(10-16)19-4-2-3-15-9-23(37-25(15)19)24(20-11-17(28)5-6-21(20)27)32-38(35,36)18-12-30-31-13-18/h2-13,24,32-34H,14,28H2,1H3,(H,30,31). The molecule has 0 saturated carbocycles. The highest BCUT2D eigenvalue weighted by Crippen LogP contribution is 2.41. The van der Waals surface area contributed by atoms with Crippen LogP contribution in [0, 0.1) is 0 Å². The summed E-state index contributed by atoms with van der Waals surface area (Å²) in [6.07, 6.45) is 4.10. The number of hydrogen-bond donors (Lipinski definition) is 5. The van der Waals surface area contributed by atoms with Crippen LogP contribution in [0.2, 0.25) is 5.02 Å². The van der Waals surface area contributed by atoms with Crippen LogP contribution in [0.4, 0.5) is 5.69 Å². The molecule has 2 unspecified atom stereocenters. The van der Waals surface area contributed by atoms with E-state index in [4.69, 9.17) is 17.3 Å². The fraction of sp³-hybridized carbons (Fsp3) is 0.154. The summed E-state index contributed by atoms with van der Waals surface area (Å²) in [6, 6.07) is 15.1. The van der Waals surface area contributed by atoms with Crippen LogP contribution >= 0.6 is 22.9 Å². The molecule has 9 nitrogen and oxygen atoms in total. The summed E-state index contributed by atoms with van der Waals surface area (Å²) >= 11 is 7.93. The second kappa shape index (κ2) is 10.1. The van der Waals surface area contributed by atoms with Crippen LogP contribution in [0.25, 0.3) is 21.3 Å². The van der Waals surface area contributed by atoms with Crippen LogP contribution in [0.15, 0.2) is 78.1 Å². The lowest BCUT2D eigenvalue weighted by atomic mass is 9.96. The number of fused-ring (bicyclic) bond motifs is 1. The molecule has 38 heavy (non-hydrogen) atoms. The van der Waals surface area contributed by atoms with Gasteiger partial charge in [0.1, 0.15) is 10.5 Å². The largest absolute Gasteiger partial charge is 0.399 e. The molecule has 0 aliphatic heterocycles. The van der Waals surface area contributed by atoms with Crippen LogP contribution in [-0.2, 0) is 15.6 Å². The Morgan fingerprint density at radius 2 is 2.03 bits per heavy atom. The minimum Gasteiger partial charge on any atom is -0.399 e. The van der Waals surface area contributed by atoms with E-state index in [0.29, 0.717) is 32.4 Å². The number of hydrogen-bond acceptors (Lipinski definition) is 8. The van der Waals surface area contributed by atoms with Gasteiger partial charge in [-0.2, -0.15) is 9.82 Å². The summed E-state index contributed by atoms with van der Waals surface area (Å²) < 4.78 is 30.1. The van der Waals surface area contributed by atoms with Gasteiger partial charge < -0.3 is 15.9 Å². The molecule has 5 rings (SSSR count). The number of benzene rings is 2. The zero-order valence-electron chi connectivity index (χ0n) is 20.1. The third-order valence-corrected chi connectivity index (χ3v) is 9.18. The van der Waals surface area contributed by atoms with Gasteiger partial charge in [0.05, 0.1) is 24.5 Å². The Hall–Kier alpha value is -3.32. The summed E-state index contributed by atoms with van der Waals surface area (Å²) in [7, 11) is -3.97. The highest BCUT2D eigenvalue weighted by Gasteiger charge is 2.28. The third kappa shape index (κ3) is 5.04. The number of aromatic amines is 1. The number of H-pyrrole nitrogens is 1. The van der Waals surface area contributed by atoms with E-state index >= 15 is 0 Å². The molecule has 3 heterocycles. The highest BCUT2D eigenvalue weighted by molar-refractivity contribution is 7.89. The number of halogens is 1. The van der Waals surface area contributed by atoms with Crippen molar-refractivity contribution in [2.45, 2.75) is 23.5 Å². The number of nitrogen functional groups attached to an aromatic ring is 1. The van der Waals surface area contributed by atoms with E-state index in [-0.39, 0.29) is 4.90 Å². The second-order valence-electron chi connectivity index (χ2n) is 9.00. The number of aliphatic hydroxyl groups is 2. The minimum absolute atomic E-state index is 0.0127. The number of nitrogens with two attached hydrogens (primary N) is 1. The zero-order chi connectivity index (χ0) is 27.1. The van der Waals surface area contributed by atoms with E-state index in [2.05, 4.69) is 19.9 Å². The molecule has 6 N–H and O–H groups in total. The molecule has 0 saturated heterocycles. The lowest BCUT2D eigenvalue weighted by molar-refractivity contribution is -0.00230. The van der Waals surface area contributed by atoms with Crippen molar-refractivity contribution in [1.82, 2.24) is 19.9 Å².